The highest BCUT2D eigenvalue weighted by Crippen LogP contribution is 2.16. The molecule has 1 amide bonds. The normalized spacial score (nSPS) is 16.4. The van der Waals surface area contributed by atoms with Crippen molar-refractivity contribution in [2.45, 2.75) is 25.4 Å². The summed E-state index contributed by atoms with van der Waals surface area (Å²) in [6.45, 7) is 1.46. The lowest BCUT2D eigenvalue weighted by Gasteiger charge is -2.11. The maximum absolute atomic E-state index is 12.0. The van der Waals surface area contributed by atoms with Gasteiger partial charge in [0.25, 0.3) is 5.91 Å². The van der Waals surface area contributed by atoms with Crippen LogP contribution in [0.1, 0.15) is 18.4 Å². The standard InChI is InChI=1S/C19H23N3O3/c1-24-16-7-4-14(5-8-16)10-11-20-15-6-9-18(21-13-15)22-19(23)17-3-2-12-25-17/h4-9,13,17,20H,2-3,10-12H2,1H3,(H,21,22,23). The Kier molecular flexibility index (Phi) is 5.85. The molecular weight excluding hydrogens is 318 g/mol. The van der Waals surface area contributed by atoms with Gasteiger partial charge in [-0.2, -0.15) is 0 Å². The number of benzene rings is 1. The van der Waals surface area contributed by atoms with Crippen molar-refractivity contribution >= 4 is 17.4 Å². The Morgan fingerprint density at radius 2 is 2.12 bits per heavy atom. The van der Waals surface area contributed by atoms with Gasteiger partial charge in [-0.25, -0.2) is 4.98 Å². The minimum absolute atomic E-state index is 0.120. The van der Waals surface area contributed by atoms with E-state index in [2.05, 4.69) is 27.8 Å². The second kappa shape index (κ2) is 8.48. The summed E-state index contributed by atoms with van der Waals surface area (Å²) in [5, 5.41) is 6.12. The summed E-state index contributed by atoms with van der Waals surface area (Å²) in [5.74, 6) is 1.29. The van der Waals surface area contributed by atoms with E-state index in [9.17, 15) is 4.79 Å². The van der Waals surface area contributed by atoms with Crippen LogP contribution in [0.15, 0.2) is 42.6 Å². The highest BCUT2D eigenvalue weighted by Gasteiger charge is 2.23. The molecule has 1 aliphatic rings. The van der Waals surface area contributed by atoms with Gasteiger partial charge in [-0.05, 0) is 49.1 Å². The second-order valence-electron chi connectivity index (χ2n) is 5.95. The fourth-order valence-electron chi connectivity index (χ4n) is 2.71. The van der Waals surface area contributed by atoms with Crippen molar-refractivity contribution in [1.82, 2.24) is 4.98 Å². The van der Waals surface area contributed by atoms with Crippen molar-refractivity contribution in [1.29, 1.82) is 0 Å². The predicted molar refractivity (Wildman–Crippen MR) is 97.0 cm³/mol. The average Bonchev–Trinajstić information content (AvgIpc) is 3.19. The van der Waals surface area contributed by atoms with Crippen molar-refractivity contribution in [2.75, 3.05) is 30.9 Å². The Labute approximate surface area is 147 Å². The third kappa shape index (κ3) is 4.93. The first kappa shape index (κ1) is 17.2. The van der Waals surface area contributed by atoms with E-state index in [1.54, 1.807) is 19.4 Å². The Morgan fingerprint density at radius 3 is 2.76 bits per heavy atom. The molecule has 0 aliphatic carbocycles. The van der Waals surface area contributed by atoms with Crippen molar-refractivity contribution in [3.63, 3.8) is 0 Å². The molecule has 0 bridgehead atoms. The van der Waals surface area contributed by atoms with Crippen LogP contribution in [-0.2, 0) is 16.0 Å². The quantitative estimate of drug-likeness (QED) is 0.810. The van der Waals surface area contributed by atoms with Gasteiger partial charge < -0.3 is 20.1 Å². The number of amides is 1. The molecule has 0 spiro atoms. The molecule has 1 saturated heterocycles. The van der Waals surface area contributed by atoms with Crippen LogP contribution in [-0.4, -0.2) is 37.3 Å². The highest BCUT2D eigenvalue weighted by molar-refractivity contribution is 5.93. The third-order valence-electron chi connectivity index (χ3n) is 4.14. The first-order valence-corrected chi connectivity index (χ1v) is 8.50. The number of hydrogen-bond donors (Lipinski definition) is 2. The zero-order valence-electron chi connectivity index (χ0n) is 14.3. The van der Waals surface area contributed by atoms with Crippen LogP contribution in [0.25, 0.3) is 0 Å². The van der Waals surface area contributed by atoms with Crippen LogP contribution in [0.2, 0.25) is 0 Å². The minimum atomic E-state index is -0.343. The highest BCUT2D eigenvalue weighted by atomic mass is 16.5. The molecule has 132 valence electrons. The Bertz CT molecular complexity index is 680. The molecule has 3 rings (SSSR count). The van der Waals surface area contributed by atoms with Gasteiger partial charge in [-0.1, -0.05) is 12.1 Å². The fraction of sp³-hybridized carbons (Fsp3) is 0.368. The number of pyridine rings is 1. The minimum Gasteiger partial charge on any atom is -0.497 e. The maximum atomic E-state index is 12.0. The number of nitrogens with zero attached hydrogens (tertiary/aromatic N) is 1. The zero-order chi connectivity index (χ0) is 17.5. The van der Waals surface area contributed by atoms with Crippen LogP contribution in [0, 0.1) is 0 Å². The van der Waals surface area contributed by atoms with E-state index in [-0.39, 0.29) is 12.0 Å². The zero-order valence-corrected chi connectivity index (χ0v) is 14.3. The number of methoxy groups -OCH3 is 1. The number of rotatable bonds is 7. The summed E-state index contributed by atoms with van der Waals surface area (Å²) in [4.78, 5) is 16.2. The molecule has 1 aromatic carbocycles. The molecule has 2 aromatic rings. The number of nitrogens with one attached hydrogen (secondary N) is 2. The fourth-order valence-corrected chi connectivity index (χ4v) is 2.71. The van der Waals surface area contributed by atoms with Crippen LogP contribution in [0.3, 0.4) is 0 Å². The Balaban J connectivity index is 1.44. The molecule has 1 aromatic heterocycles. The van der Waals surface area contributed by atoms with E-state index in [1.165, 1.54) is 5.56 Å². The summed E-state index contributed by atoms with van der Waals surface area (Å²) in [7, 11) is 1.66. The molecule has 0 saturated carbocycles. The summed E-state index contributed by atoms with van der Waals surface area (Å²) < 4.78 is 10.5. The van der Waals surface area contributed by atoms with Gasteiger partial charge in [0.1, 0.15) is 17.7 Å². The topological polar surface area (TPSA) is 72.5 Å². The van der Waals surface area contributed by atoms with Crippen LogP contribution in [0.5, 0.6) is 5.75 Å². The summed E-state index contributed by atoms with van der Waals surface area (Å²) >= 11 is 0. The van der Waals surface area contributed by atoms with Crippen molar-refractivity contribution in [3.8, 4) is 5.75 Å². The first-order valence-electron chi connectivity index (χ1n) is 8.50. The van der Waals surface area contributed by atoms with E-state index in [0.29, 0.717) is 12.4 Å². The van der Waals surface area contributed by atoms with Gasteiger partial charge in [-0.3, -0.25) is 4.79 Å². The maximum Gasteiger partial charge on any atom is 0.254 e. The predicted octanol–water partition coefficient (Wildman–Crippen LogP) is 2.86. The van der Waals surface area contributed by atoms with Crippen molar-refractivity contribution in [2.24, 2.45) is 0 Å². The van der Waals surface area contributed by atoms with Crippen LogP contribution >= 0.6 is 0 Å². The molecule has 0 radical (unpaired) electrons. The number of anilines is 2. The number of aromatic nitrogens is 1. The Hall–Kier alpha value is -2.60. The summed E-state index contributed by atoms with van der Waals surface area (Å²) in [6, 6.07) is 11.7. The first-order chi connectivity index (χ1) is 12.2. The molecule has 2 heterocycles. The van der Waals surface area contributed by atoms with Gasteiger partial charge in [0.05, 0.1) is 19.0 Å². The number of ether oxygens (including phenoxy) is 2. The van der Waals surface area contributed by atoms with Gasteiger partial charge >= 0.3 is 0 Å². The lowest BCUT2D eigenvalue weighted by atomic mass is 10.1. The SMILES string of the molecule is COc1ccc(CCNc2ccc(NC(=O)C3CCCO3)nc2)cc1. The summed E-state index contributed by atoms with van der Waals surface area (Å²) in [5.41, 5.74) is 2.16. The molecule has 1 atom stereocenters. The van der Waals surface area contributed by atoms with Gasteiger partial charge in [-0.15, -0.1) is 0 Å². The smallest absolute Gasteiger partial charge is 0.254 e. The van der Waals surface area contributed by atoms with E-state index >= 15 is 0 Å². The van der Waals surface area contributed by atoms with E-state index in [4.69, 9.17) is 9.47 Å². The molecule has 1 unspecified atom stereocenters. The average molecular weight is 341 g/mol. The van der Waals surface area contributed by atoms with E-state index in [1.807, 2.05) is 18.2 Å². The van der Waals surface area contributed by atoms with Gasteiger partial charge in [0.15, 0.2) is 0 Å². The molecule has 1 aliphatic heterocycles. The van der Waals surface area contributed by atoms with E-state index in [0.717, 1.165) is 37.2 Å². The third-order valence-corrected chi connectivity index (χ3v) is 4.14. The summed E-state index contributed by atoms with van der Waals surface area (Å²) in [6.07, 6.45) is 3.99. The largest absolute Gasteiger partial charge is 0.497 e. The van der Waals surface area contributed by atoms with Crippen LogP contribution in [0.4, 0.5) is 11.5 Å². The lowest BCUT2D eigenvalue weighted by molar-refractivity contribution is -0.124. The van der Waals surface area contributed by atoms with Gasteiger partial charge in [0.2, 0.25) is 0 Å². The van der Waals surface area contributed by atoms with Crippen LogP contribution < -0.4 is 15.4 Å². The lowest BCUT2D eigenvalue weighted by Crippen LogP contribution is -2.27. The molecule has 1 fully saturated rings. The molecule has 6 nitrogen and oxygen atoms in total. The van der Waals surface area contributed by atoms with Gasteiger partial charge in [0, 0.05) is 13.2 Å². The van der Waals surface area contributed by atoms with Crippen molar-refractivity contribution < 1.29 is 14.3 Å². The Morgan fingerprint density at radius 1 is 1.28 bits per heavy atom. The number of carbonyl (C=O) groups is 1. The monoisotopic (exact) mass is 341 g/mol. The molecular formula is C19H23N3O3. The molecule has 2 N–H and O–H groups in total. The second-order valence-corrected chi connectivity index (χ2v) is 5.95. The number of hydrogen-bond acceptors (Lipinski definition) is 5. The van der Waals surface area contributed by atoms with E-state index < -0.39 is 0 Å². The van der Waals surface area contributed by atoms with Crippen molar-refractivity contribution in [3.05, 3.63) is 48.2 Å². The molecule has 6 heteroatoms. The number of carbonyl (C=O) groups excluding carboxylic acids is 1. The molecule has 25 heavy (non-hydrogen) atoms.